The molecular weight excluding hydrogens is 288 g/mol. The van der Waals surface area contributed by atoms with E-state index >= 15 is 0 Å². The average molecular weight is 314 g/mol. The number of nitrogens with one attached hydrogen (secondary N) is 2. The van der Waals surface area contributed by atoms with Gasteiger partial charge in [0.25, 0.3) is 0 Å². The maximum Gasteiger partial charge on any atom is 0.242 e. The largest absolute Gasteiger partial charge is 0.308 e. The van der Waals surface area contributed by atoms with Crippen LogP contribution >= 0.6 is 0 Å². The molecule has 0 atom stereocenters. The third-order valence-corrected chi connectivity index (χ3v) is 4.78. The molecule has 0 fully saturated rings. The molecule has 0 spiro atoms. The van der Waals surface area contributed by atoms with Crippen LogP contribution in [-0.2, 0) is 10.0 Å². The minimum atomic E-state index is -3.53. The molecule has 1 aromatic rings. The number of nitrogen functional groups attached to an aromatic ring is 1. The Morgan fingerprint density at radius 3 is 2.52 bits per heavy atom. The van der Waals surface area contributed by atoms with E-state index in [4.69, 9.17) is 5.84 Å². The highest BCUT2D eigenvalue weighted by molar-refractivity contribution is 7.89. The number of rotatable bonds is 9. The molecule has 0 aromatic carbocycles. The van der Waals surface area contributed by atoms with Gasteiger partial charge in [-0.05, 0) is 24.0 Å². The zero-order valence-electron chi connectivity index (χ0n) is 13.0. The smallest absolute Gasteiger partial charge is 0.242 e. The number of pyridine rings is 1. The van der Waals surface area contributed by atoms with Crippen LogP contribution in [0.1, 0.15) is 46.5 Å². The van der Waals surface area contributed by atoms with Gasteiger partial charge in [0.15, 0.2) is 0 Å². The number of nitrogens with two attached hydrogens (primary N) is 1. The topological polar surface area (TPSA) is 97.1 Å². The minimum Gasteiger partial charge on any atom is -0.308 e. The van der Waals surface area contributed by atoms with E-state index in [1.807, 2.05) is 0 Å². The Kier molecular flexibility index (Phi) is 6.57. The molecule has 120 valence electrons. The number of aromatic nitrogens is 1. The molecule has 0 saturated carbocycles. The number of hydrogen-bond donors (Lipinski definition) is 3. The van der Waals surface area contributed by atoms with E-state index < -0.39 is 10.0 Å². The van der Waals surface area contributed by atoms with Crippen molar-refractivity contribution in [3.8, 4) is 0 Å². The number of hydrogen-bond acceptors (Lipinski definition) is 5. The molecule has 0 amide bonds. The van der Waals surface area contributed by atoms with Gasteiger partial charge in [0.2, 0.25) is 10.0 Å². The zero-order valence-corrected chi connectivity index (χ0v) is 13.8. The summed E-state index contributed by atoms with van der Waals surface area (Å²) in [7, 11) is -3.53. The van der Waals surface area contributed by atoms with Crippen LogP contribution in [0.15, 0.2) is 23.2 Å². The number of sulfonamides is 1. The standard InChI is InChI=1S/C14H26N4O2S/c1-4-5-6-9-14(2,3)11-17-21(19,20)12-7-8-13(18-15)16-10-12/h7-8,10,17H,4-6,9,11,15H2,1-3H3,(H,16,18). The Morgan fingerprint density at radius 1 is 1.29 bits per heavy atom. The lowest BCUT2D eigenvalue weighted by molar-refractivity contribution is 0.320. The van der Waals surface area contributed by atoms with E-state index in [9.17, 15) is 8.42 Å². The molecule has 0 aliphatic rings. The summed E-state index contributed by atoms with van der Waals surface area (Å²) in [6, 6.07) is 3.01. The van der Waals surface area contributed by atoms with E-state index in [1.165, 1.54) is 24.8 Å². The summed E-state index contributed by atoms with van der Waals surface area (Å²) in [5.41, 5.74) is 2.30. The minimum absolute atomic E-state index is 0.0611. The number of anilines is 1. The van der Waals surface area contributed by atoms with Gasteiger partial charge in [-0.1, -0.05) is 40.0 Å². The molecule has 1 heterocycles. The predicted molar refractivity (Wildman–Crippen MR) is 85.2 cm³/mol. The molecule has 0 aliphatic heterocycles. The van der Waals surface area contributed by atoms with Gasteiger partial charge in [0.05, 0.1) is 0 Å². The van der Waals surface area contributed by atoms with Crippen LogP contribution in [0.2, 0.25) is 0 Å². The second kappa shape index (κ2) is 7.72. The number of unbranched alkanes of at least 4 members (excludes halogenated alkanes) is 2. The molecule has 0 radical (unpaired) electrons. The summed E-state index contributed by atoms with van der Waals surface area (Å²) in [4.78, 5) is 4.06. The molecule has 0 unspecified atom stereocenters. The quantitative estimate of drug-likeness (QED) is 0.369. The monoisotopic (exact) mass is 314 g/mol. The number of hydrazine groups is 1. The van der Waals surface area contributed by atoms with E-state index in [2.05, 4.69) is 35.9 Å². The third-order valence-electron chi connectivity index (χ3n) is 3.39. The highest BCUT2D eigenvalue weighted by atomic mass is 32.2. The van der Waals surface area contributed by atoms with Gasteiger partial charge in [-0.2, -0.15) is 0 Å². The van der Waals surface area contributed by atoms with Crippen molar-refractivity contribution in [2.24, 2.45) is 11.3 Å². The van der Waals surface area contributed by atoms with Gasteiger partial charge in [-0.3, -0.25) is 0 Å². The Balaban J connectivity index is 2.63. The Labute approximate surface area is 127 Å². The maximum atomic E-state index is 12.2. The van der Waals surface area contributed by atoms with Gasteiger partial charge in [0, 0.05) is 12.7 Å². The molecule has 7 heteroatoms. The first kappa shape index (κ1) is 17.9. The van der Waals surface area contributed by atoms with Crippen molar-refractivity contribution in [1.29, 1.82) is 0 Å². The fraction of sp³-hybridized carbons (Fsp3) is 0.643. The average Bonchev–Trinajstić information content (AvgIpc) is 2.46. The molecule has 6 nitrogen and oxygen atoms in total. The van der Waals surface area contributed by atoms with Crippen LogP contribution in [0.25, 0.3) is 0 Å². The van der Waals surface area contributed by atoms with Crippen LogP contribution in [0.4, 0.5) is 5.82 Å². The van der Waals surface area contributed by atoms with Crippen LogP contribution in [0.3, 0.4) is 0 Å². The van der Waals surface area contributed by atoms with E-state index in [0.29, 0.717) is 12.4 Å². The van der Waals surface area contributed by atoms with Gasteiger partial charge in [-0.15, -0.1) is 0 Å². The van der Waals surface area contributed by atoms with Gasteiger partial charge < -0.3 is 5.43 Å². The summed E-state index contributed by atoms with van der Waals surface area (Å²) >= 11 is 0. The molecule has 0 aliphatic carbocycles. The van der Waals surface area contributed by atoms with Crippen LogP contribution in [0, 0.1) is 5.41 Å². The summed E-state index contributed by atoms with van der Waals surface area (Å²) in [5.74, 6) is 5.63. The van der Waals surface area contributed by atoms with Gasteiger partial charge >= 0.3 is 0 Å². The molecular formula is C14H26N4O2S. The van der Waals surface area contributed by atoms with Crippen LogP contribution < -0.4 is 16.0 Å². The first-order valence-electron chi connectivity index (χ1n) is 7.23. The van der Waals surface area contributed by atoms with Crippen molar-refractivity contribution in [1.82, 2.24) is 9.71 Å². The summed E-state index contributed by atoms with van der Waals surface area (Å²) < 4.78 is 27.1. The molecule has 0 bridgehead atoms. The Bertz CT molecular complexity index is 526. The van der Waals surface area contributed by atoms with Crippen molar-refractivity contribution in [2.45, 2.75) is 51.3 Å². The van der Waals surface area contributed by atoms with Crippen LogP contribution in [0.5, 0.6) is 0 Å². The maximum absolute atomic E-state index is 12.2. The van der Waals surface area contributed by atoms with Crippen molar-refractivity contribution < 1.29 is 8.42 Å². The van der Waals surface area contributed by atoms with Crippen LogP contribution in [-0.4, -0.2) is 19.9 Å². The number of nitrogens with zero attached hydrogens (tertiary/aromatic N) is 1. The van der Waals surface area contributed by atoms with Crippen molar-refractivity contribution in [3.05, 3.63) is 18.3 Å². The third kappa shape index (κ3) is 5.99. The SMILES string of the molecule is CCCCCC(C)(C)CNS(=O)(=O)c1ccc(NN)nc1. The molecule has 4 N–H and O–H groups in total. The first-order valence-corrected chi connectivity index (χ1v) is 8.71. The molecule has 1 rings (SSSR count). The predicted octanol–water partition coefficient (Wildman–Crippen LogP) is 2.25. The van der Waals surface area contributed by atoms with Crippen molar-refractivity contribution in [3.63, 3.8) is 0 Å². The molecule has 0 saturated heterocycles. The fourth-order valence-electron chi connectivity index (χ4n) is 1.94. The lowest BCUT2D eigenvalue weighted by Gasteiger charge is -2.24. The highest BCUT2D eigenvalue weighted by Gasteiger charge is 2.22. The van der Waals surface area contributed by atoms with Crippen molar-refractivity contribution >= 4 is 15.8 Å². The van der Waals surface area contributed by atoms with Gasteiger partial charge in [-0.25, -0.2) is 24.0 Å². The second-order valence-corrected chi connectivity index (χ2v) is 7.74. The molecule has 1 aromatic heterocycles. The lowest BCUT2D eigenvalue weighted by Crippen LogP contribution is -2.34. The summed E-state index contributed by atoms with van der Waals surface area (Å²) in [6.07, 6.45) is 5.74. The first-order chi connectivity index (χ1) is 9.80. The summed E-state index contributed by atoms with van der Waals surface area (Å²) in [6.45, 7) is 6.72. The van der Waals surface area contributed by atoms with Gasteiger partial charge in [0.1, 0.15) is 10.7 Å². The molecule has 21 heavy (non-hydrogen) atoms. The van der Waals surface area contributed by atoms with E-state index in [1.54, 1.807) is 0 Å². The zero-order chi connectivity index (χ0) is 15.9. The second-order valence-electron chi connectivity index (χ2n) is 5.97. The lowest BCUT2D eigenvalue weighted by atomic mass is 9.87. The van der Waals surface area contributed by atoms with E-state index in [-0.39, 0.29) is 10.3 Å². The van der Waals surface area contributed by atoms with Crippen molar-refractivity contribution in [2.75, 3.05) is 12.0 Å². The fourth-order valence-corrected chi connectivity index (χ4v) is 3.13. The van der Waals surface area contributed by atoms with E-state index in [0.717, 1.165) is 19.3 Å². The highest BCUT2D eigenvalue weighted by Crippen LogP contribution is 2.23. The Morgan fingerprint density at radius 2 is 2.00 bits per heavy atom. The summed E-state index contributed by atoms with van der Waals surface area (Å²) in [5, 5.41) is 0. The Hall–Kier alpha value is -1.18. The normalized spacial score (nSPS) is 12.4.